The molecule has 7 nitrogen and oxygen atoms in total. The largest absolute Gasteiger partial charge is 0.368 e. The summed E-state index contributed by atoms with van der Waals surface area (Å²) in [7, 11) is 0. The molecule has 2 aliphatic rings. The molecule has 3 rings (SSSR count). The number of benzene rings is 1. The summed E-state index contributed by atoms with van der Waals surface area (Å²) in [5.74, 6) is -1.51. The molecule has 2 amide bonds. The first-order chi connectivity index (χ1) is 11.0. The number of hydroxylamine groups is 1. The van der Waals surface area contributed by atoms with Gasteiger partial charge in [0.1, 0.15) is 17.6 Å². The van der Waals surface area contributed by atoms with E-state index in [1.807, 2.05) is 0 Å². The second-order valence-corrected chi connectivity index (χ2v) is 5.59. The lowest BCUT2D eigenvalue weighted by atomic mass is 9.97. The number of nitrogens with two attached hydrogens (primary N) is 1. The van der Waals surface area contributed by atoms with Crippen molar-refractivity contribution in [2.24, 2.45) is 10.8 Å². The highest BCUT2D eigenvalue weighted by Gasteiger charge is 2.35. The number of hydrogen-bond donors (Lipinski definition) is 2. The Morgan fingerprint density at radius 2 is 2.00 bits per heavy atom. The minimum atomic E-state index is -0.787. The number of primary amides is 1. The number of rotatable bonds is 5. The zero-order valence-electron chi connectivity index (χ0n) is 12.4. The van der Waals surface area contributed by atoms with Crippen molar-refractivity contribution in [3.05, 3.63) is 30.1 Å². The number of carbonyl (C=O) groups is 2. The van der Waals surface area contributed by atoms with Gasteiger partial charge in [-0.15, -0.1) is 0 Å². The van der Waals surface area contributed by atoms with E-state index in [2.05, 4.69) is 10.6 Å². The van der Waals surface area contributed by atoms with E-state index in [-0.39, 0.29) is 18.2 Å². The van der Waals surface area contributed by atoms with E-state index in [9.17, 15) is 14.0 Å². The van der Waals surface area contributed by atoms with Crippen LogP contribution in [0.2, 0.25) is 0 Å². The number of hydrazone groups is 1. The summed E-state index contributed by atoms with van der Waals surface area (Å²) in [4.78, 5) is 28.9. The molecule has 0 radical (unpaired) electrons. The first kappa shape index (κ1) is 15.4. The molecule has 1 unspecified atom stereocenters. The average Bonchev–Trinajstić information content (AvgIpc) is 2.91. The number of carbonyl (C=O) groups excluding carboxylic acids is 2. The van der Waals surface area contributed by atoms with Gasteiger partial charge in [-0.25, -0.2) is 9.87 Å². The number of anilines is 1. The molecule has 1 aliphatic heterocycles. The van der Waals surface area contributed by atoms with E-state index < -0.39 is 23.7 Å². The van der Waals surface area contributed by atoms with Crippen LogP contribution >= 0.6 is 0 Å². The average molecular weight is 320 g/mol. The van der Waals surface area contributed by atoms with Crippen molar-refractivity contribution in [2.45, 2.75) is 37.8 Å². The fraction of sp³-hybridized carbons (Fsp3) is 0.400. The van der Waals surface area contributed by atoms with Gasteiger partial charge >= 0.3 is 0 Å². The van der Waals surface area contributed by atoms with E-state index in [1.165, 1.54) is 29.3 Å². The molecule has 1 atom stereocenters. The Balaban J connectivity index is 1.73. The van der Waals surface area contributed by atoms with Crippen LogP contribution in [0.5, 0.6) is 0 Å². The van der Waals surface area contributed by atoms with Crippen molar-refractivity contribution in [3.8, 4) is 0 Å². The van der Waals surface area contributed by atoms with Gasteiger partial charge in [0, 0.05) is 6.42 Å². The highest BCUT2D eigenvalue weighted by molar-refractivity contribution is 6.40. The molecule has 1 aliphatic carbocycles. The van der Waals surface area contributed by atoms with Crippen LogP contribution in [0.25, 0.3) is 0 Å². The lowest BCUT2D eigenvalue weighted by Crippen LogP contribution is -2.40. The molecule has 1 heterocycles. The highest BCUT2D eigenvalue weighted by atomic mass is 19.1. The highest BCUT2D eigenvalue weighted by Crippen LogP contribution is 2.25. The number of hydrogen-bond acceptors (Lipinski definition) is 5. The van der Waals surface area contributed by atoms with Crippen LogP contribution in [0, 0.1) is 5.82 Å². The van der Waals surface area contributed by atoms with E-state index in [1.54, 1.807) is 0 Å². The fourth-order valence-corrected chi connectivity index (χ4v) is 2.39. The van der Waals surface area contributed by atoms with Gasteiger partial charge in [-0.2, -0.15) is 5.10 Å². The number of halogens is 1. The second kappa shape index (κ2) is 6.33. The predicted molar refractivity (Wildman–Crippen MR) is 80.8 cm³/mol. The third-order valence-corrected chi connectivity index (χ3v) is 3.96. The lowest BCUT2D eigenvalue weighted by Gasteiger charge is -2.24. The molecule has 1 saturated carbocycles. The molecule has 1 aromatic carbocycles. The normalized spacial score (nSPS) is 20.8. The van der Waals surface area contributed by atoms with Gasteiger partial charge in [-0.1, -0.05) is 0 Å². The molecule has 23 heavy (non-hydrogen) atoms. The van der Waals surface area contributed by atoms with Crippen molar-refractivity contribution in [2.75, 3.05) is 5.01 Å². The molecule has 122 valence electrons. The van der Waals surface area contributed by atoms with E-state index in [4.69, 9.17) is 10.6 Å². The minimum absolute atomic E-state index is 0.0427. The number of amides is 2. The molecule has 8 heteroatoms. The van der Waals surface area contributed by atoms with E-state index in [0.717, 1.165) is 19.3 Å². The third kappa shape index (κ3) is 3.31. The zero-order valence-corrected chi connectivity index (χ0v) is 12.4. The second-order valence-electron chi connectivity index (χ2n) is 5.59. The van der Waals surface area contributed by atoms with Crippen molar-refractivity contribution < 1.29 is 18.8 Å². The first-order valence-corrected chi connectivity index (χ1v) is 7.42. The third-order valence-electron chi connectivity index (χ3n) is 3.96. The number of nitrogens with zero attached hydrogens (tertiary/aromatic N) is 2. The molecule has 0 bridgehead atoms. The standard InChI is InChI=1S/C15H17FN4O3/c16-9-4-6-10(7-5-9)20-13(14(17)21)8-12(18-20)15(22)19-23-11-2-1-3-11/h4-7,11,13H,1-3,8H2,(H2,17,21)(H,19,22). The van der Waals surface area contributed by atoms with Crippen LogP contribution in [0.4, 0.5) is 10.1 Å². The smallest absolute Gasteiger partial charge is 0.291 e. The van der Waals surface area contributed by atoms with Crippen LogP contribution in [-0.2, 0) is 14.4 Å². The summed E-state index contributed by atoms with van der Waals surface area (Å²) in [6, 6.07) is 4.66. The maximum atomic E-state index is 13.0. The van der Waals surface area contributed by atoms with E-state index in [0.29, 0.717) is 5.69 Å². The van der Waals surface area contributed by atoms with Crippen LogP contribution in [0.1, 0.15) is 25.7 Å². The monoisotopic (exact) mass is 320 g/mol. The zero-order chi connectivity index (χ0) is 16.4. The fourth-order valence-electron chi connectivity index (χ4n) is 2.39. The summed E-state index contributed by atoms with van der Waals surface area (Å²) in [6.07, 6.45) is 3.04. The molecule has 0 spiro atoms. The Kier molecular flexibility index (Phi) is 4.24. The maximum absolute atomic E-state index is 13.0. The van der Waals surface area contributed by atoms with Crippen LogP contribution in [0.15, 0.2) is 29.4 Å². The summed E-state index contributed by atoms with van der Waals surface area (Å²) < 4.78 is 13.0. The summed E-state index contributed by atoms with van der Waals surface area (Å²) in [5.41, 5.74) is 8.37. The maximum Gasteiger partial charge on any atom is 0.291 e. The van der Waals surface area contributed by atoms with Crippen LogP contribution < -0.4 is 16.2 Å². The summed E-state index contributed by atoms with van der Waals surface area (Å²) >= 11 is 0. The first-order valence-electron chi connectivity index (χ1n) is 7.42. The molecule has 0 aromatic heterocycles. The van der Waals surface area contributed by atoms with Crippen LogP contribution in [-0.4, -0.2) is 29.7 Å². The van der Waals surface area contributed by atoms with Gasteiger partial charge < -0.3 is 5.73 Å². The van der Waals surface area contributed by atoms with Gasteiger partial charge in [0.25, 0.3) is 5.91 Å². The summed E-state index contributed by atoms with van der Waals surface area (Å²) in [6.45, 7) is 0. The Hall–Kier alpha value is -2.48. The molecule has 0 saturated heterocycles. The molecular formula is C15H17FN4O3. The van der Waals surface area contributed by atoms with Gasteiger partial charge in [0.15, 0.2) is 0 Å². The SMILES string of the molecule is NC(=O)C1CC(C(=O)NOC2CCC2)=NN1c1ccc(F)cc1. The Morgan fingerprint density at radius 3 is 2.57 bits per heavy atom. The lowest BCUT2D eigenvalue weighted by molar-refractivity contribution is -0.136. The summed E-state index contributed by atoms with van der Waals surface area (Å²) in [5, 5.41) is 5.48. The van der Waals surface area contributed by atoms with Crippen LogP contribution in [0.3, 0.4) is 0 Å². The van der Waals surface area contributed by atoms with Crippen molar-refractivity contribution in [1.82, 2.24) is 5.48 Å². The molecular weight excluding hydrogens is 303 g/mol. The van der Waals surface area contributed by atoms with Gasteiger partial charge in [-0.05, 0) is 43.5 Å². The number of nitrogens with one attached hydrogen (secondary N) is 1. The molecule has 3 N–H and O–H groups in total. The van der Waals surface area contributed by atoms with Gasteiger partial charge in [0.2, 0.25) is 5.91 Å². The Bertz CT molecular complexity index is 643. The molecule has 1 fully saturated rings. The predicted octanol–water partition coefficient (Wildman–Crippen LogP) is 0.846. The topological polar surface area (TPSA) is 97.0 Å². The quantitative estimate of drug-likeness (QED) is 0.786. The molecule has 1 aromatic rings. The van der Waals surface area contributed by atoms with E-state index >= 15 is 0 Å². The van der Waals surface area contributed by atoms with Crippen molar-refractivity contribution in [1.29, 1.82) is 0 Å². The van der Waals surface area contributed by atoms with Gasteiger partial charge in [-0.3, -0.25) is 19.4 Å². The minimum Gasteiger partial charge on any atom is -0.368 e. The Morgan fingerprint density at radius 1 is 1.30 bits per heavy atom. The van der Waals surface area contributed by atoms with Gasteiger partial charge in [0.05, 0.1) is 11.8 Å². The Labute approximate surface area is 132 Å². The van der Waals surface area contributed by atoms with Crippen molar-refractivity contribution >= 4 is 23.2 Å². The van der Waals surface area contributed by atoms with Crippen molar-refractivity contribution in [3.63, 3.8) is 0 Å².